The van der Waals surface area contributed by atoms with E-state index in [-0.39, 0.29) is 18.0 Å². The van der Waals surface area contributed by atoms with E-state index >= 15 is 0 Å². The van der Waals surface area contributed by atoms with Gasteiger partial charge in [0.15, 0.2) is 0 Å². The molecule has 0 amide bonds. The lowest BCUT2D eigenvalue weighted by molar-refractivity contribution is -0.141. The first-order valence-electron chi connectivity index (χ1n) is 5.07. The van der Waals surface area contributed by atoms with Crippen LogP contribution in [0.15, 0.2) is 30.3 Å². The summed E-state index contributed by atoms with van der Waals surface area (Å²) in [6, 6.07) is 10.1. The number of rotatable bonds is 2. The Hall–Kier alpha value is -0.580. The first-order valence-corrected chi connectivity index (χ1v) is 6.31. The molecule has 2 rings (SSSR count). The van der Waals surface area contributed by atoms with Crippen LogP contribution in [0.4, 0.5) is 0 Å². The Morgan fingerprint density at radius 3 is 2.67 bits per heavy atom. The number of esters is 1. The van der Waals surface area contributed by atoms with Gasteiger partial charge in [0.25, 0.3) is 0 Å². The van der Waals surface area contributed by atoms with Crippen molar-refractivity contribution in [3.63, 3.8) is 0 Å². The van der Waals surface area contributed by atoms with Crippen LogP contribution in [-0.4, -0.2) is 16.0 Å². The van der Waals surface area contributed by atoms with Crippen molar-refractivity contribution in [3.05, 3.63) is 35.9 Å². The smallest absolute Gasteiger partial charge is 0.306 e. The van der Waals surface area contributed by atoms with Crippen molar-refractivity contribution in [2.75, 3.05) is 0 Å². The summed E-state index contributed by atoms with van der Waals surface area (Å²) in [4.78, 5) is 11.3. The molecule has 0 bridgehead atoms. The van der Waals surface area contributed by atoms with Gasteiger partial charge in [-0.2, -0.15) is 0 Å². The molecule has 0 saturated carbocycles. The van der Waals surface area contributed by atoms with Crippen LogP contribution >= 0.6 is 22.6 Å². The van der Waals surface area contributed by atoms with Gasteiger partial charge < -0.3 is 4.74 Å². The predicted molar refractivity (Wildman–Crippen MR) is 67.2 cm³/mol. The maximum Gasteiger partial charge on any atom is 0.306 e. The van der Waals surface area contributed by atoms with Gasteiger partial charge in [0.2, 0.25) is 0 Å². The zero-order valence-electron chi connectivity index (χ0n) is 8.52. The van der Waals surface area contributed by atoms with E-state index in [9.17, 15) is 4.79 Å². The van der Waals surface area contributed by atoms with Crippen LogP contribution < -0.4 is 0 Å². The summed E-state index contributed by atoms with van der Waals surface area (Å²) < 4.78 is 5.69. The minimum atomic E-state index is -0.0719. The second-order valence-electron chi connectivity index (χ2n) is 3.85. The van der Waals surface area contributed by atoms with Crippen molar-refractivity contribution in [2.24, 2.45) is 0 Å². The highest BCUT2D eigenvalue weighted by atomic mass is 127. The molecule has 1 aromatic carbocycles. The number of halogens is 1. The number of benzene rings is 1. The summed E-state index contributed by atoms with van der Waals surface area (Å²) in [6.45, 7) is 2.08. The molecule has 1 aromatic rings. The van der Waals surface area contributed by atoms with Crippen molar-refractivity contribution < 1.29 is 9.53 Å². The molecular formula is C12H13IO2. The van der Waals surface area contributed by atoms with Crippen LogP contribution in [0.1, 0.15) is 24.8 Å². The fraction of sp³-hybridized carbons (Fsp3) is 0.417. The maximum atomic E-state index is 11.3. The average Bonchev–Trinajstić information content (AvgIpc) is 2.62. The quantitative estimate of drug-likeness (QED) is 0.476. The van der Waals surface area contributed by atoms with Gasteiger partial charge >= 0.3 is 5.97 Å². The van der Waals surface area contributed by atoms with Crippen molar-refractivity contribution >= 4 is 28.6 Å². The van der Waals surface area contributed by atoms with Gasteiger partial charge in [-0.1, -0.05) is 52.9 Å². The fourth-order valence-corrected chi connectivity index (χ4v) is 2.65. The average molecular weight is 316 g/mol. The number of carbonyl (C=O) groups excluding carboxylic acids is 1. The molecule has 3 atom stereocenters. The Morgan fingerprint density at radius 1 is 1.40 bits per heavy atom. The summed E-state index contributed by atoms with van der Waals surface area (Å²) in [5, 5.41) is 0. The highest BCUT2D eigenvalue weighted by molar-refractivity contribution is 14.1. The Labute approximate surface area is 103 Å². The van der Waals surface area contributed by atoms with E-state index in [0.717, 1.165) is 0 Å². The Bertz CT molecular complexity index is 348. The van der Waals surface area contributed by atoms with Crippen LogP contribution in [0, 0.1) is 0 Å². The summed E-state index contributed by atoms with van der Waals surface area (Å²) in [6.07, 6.45) is 0.544. The lowest BCUT2D eigenvalue weighted by Gasteiger charge is -2.19. The molecule has 1 aliphatic rings. The van der Waals surface area contributed by atoms with Gasteiger partial charge in [0.1, 0.15) is 6.10 Å². The summed E-state index contributed by atoms with van der Waals surface area (Å²) in [5.74, 6) is 0.156. The lowest BCUT2D eigenvalue weighted by atomic mass is 9.91. The molecule has 80 valence electrons. The van der Waals surface area contributed by atoms with E-state index in [1.165, 1.54) is 5.56 Å². The zero-order chi connectivity index (χ0) is 10.8. The molecule has 0 aromatic heterocycles. The number of ether oxygens (including phenoxy) is 1. The lowest BCUT2D eigenvalue weighted by Crippen LogP contribution is -2.23. The minimum absolute atomic E-state index is 0.0282. The maximum absolute atomic E-state index is 11.3. The standard InChI is InChI=1S/C12H13IO2/c1-8(13)12-10(7-11(14)15-12)9-5-3-2-4-6-9/h2-6,8,10,12H,7H2,1H3/t8-,10-,12-/m0/s1. The van der Waals surface area contributed by atoms with E-state index in [1.54, 1.807) is 0 Å². The third-order valence-corrected chi connectivity index (χ3v) is 3.44. The van der Waals surface area contributed by atoms with E-state index in [2.05, 4.69) is 41.6 Å². The summed E-state index contributed by atoms with van der Waals surface area (Å²) in [7, 11) is 0. The largest absolute Gasteiger partial charge is 0.461 e. The van der Waals surface area contributed by atoms with Crippen molar-refractivity contribution in [1.29, 1.82) is 0 Å². The molecule has 2 nitrogen and oxygen atoms in total. The van der Waals surface area contributed by atoms with Gasteiger partial charge in [-0.25, -0.2) is 0 Å². The van der Waals surface area contributed by atoms with Crippen LogP contribution in [0.25, 0.3) is 0 Å². The highest BCUT2D eigenvalue weighted by Gasteiger charge is 2.38. The topological polar surface area (TPSA) is 26.3 Å². The van der Waals surface area contributed by atoms with Crippen molar-refractivity contribution in [1.82, 2.24) is 0 Å². The second kappa shape index (κ2) is 4.51. The Kier molecular flexibility index (Phi) is 3.29. The van der Waals surface area contributed by atoms with Crippen LogP contribution in [0.5, 0.6) is 0 Å². The van der Waals surface area contributed by atoms with Crippen LogP contribution in [0.2, 0.25) is 0 Å². The van der Waals surface area contributed by atoms with E-state index in [4.69, 9.17) is 4.74 Å². The third-order valence-electron chi connectivity index (χ3n) is 2.73. The summed E-state index contributed by atoms with van der Waals surface area (Å²) >= 11 is 2.32. The zero-order valence-corrected chi connectivity index (χ0v) is 10.7. The van der Waals surface area contributed by atoms with Gasteiger partial charge in [-0.3, -0.25) is 4.79 Å². The Morgan fingerprint density at radius 2 is 2.07 bits per heavy atom. The van der Waals surface area contributed by atoms with E-state index < -0.39 is 0 Å². The normalized spacial score (nSPS) is 27.5. The number of cyclic esters (lactones) is 1. The first-order chi connectivity index (χ1) is 7.18. The molecular weight excluding hydrogens is 303 g/mol. The molecule has 15 heavy (non-hydrogen) atoms. The van der Waals surface area contributed by atoms with Crippen LogP contribution in [-0.2, 0) is 9.53 Å². The highest BCUT2D eigenvalue weighted by Crippen LogP contribution is 2.35. The molecule has 1 heterocycles. The number of hydrogen-bond acceptors (Lipinski definition) is 2. The van der Waals surface area contributed by atoms with E-state index in [1.807, 2.05) is 18.2 Å². The van der Waals surface area contributed by atoms with Gasteiger partial charge in [0, 0.05) is 9.84 Å². The molecule has 3 heteroatoms. The summed E-state index contributed by atoms with van der Waals surface area (Å²) in [5.41, 5.74) is 1.21. The van der Waals surface area contributed by atoms with Crippen molar-refractivity contribution in [2.45, 2.75) is 29.3 Å². The van der Waals surface area contributed by atoms with Crippen LogP contribution in [0.3, 0.4) is 0 Å². The van der Waals surface area contributed by atoms with Crippen molar-refractivity contribution in [3.8, 4) is 0 Å². The first kappa shape index (κ1) is 10.9. The van der Waals surface area contributed by atoms with Gasteiger partial charge in [-0.15, -0.1) is 0 Å². The monoisotopic (exact) mass is 316 g/mol. The molecule has 0 aliphatic carbocycles. The molecule has 1 saturated heterocycles. The molecule has 0 radical (unpaired) electrons. The van der Waals surface area contributed by atoms with Gasteiger partial charge in [-0.05, 0) is 12.5 Å². The SMILES string of the molecule is C[C@H](I)[C@@H]1OC(=O)C[C@H]1c1ccccc1. The molecule has 1 fully saturated rings. The number of alkyl halides is 1. The molecule has 1 aliphatic heterocycles. The molecule has 0 N–H and O–H groups in total. The Balaban J connectivity index is 2.24. The second-order valence-corrected chi connectivity index (χ2v) is 5.82. The third kappa shape index (κ3) is 2.33. The number of carbonyl (C=O) groups is 1. The predicted octanol–water partition coefficient (Wildman–Crippen LogP) is 2.91. The minimum Gasteiger partial charge on any atom is -0.461 e. The molecule has 0 unspecified atom stereocenters. The fourth-order valence-electron chi connectivity index (χ4n) is 2.00. The number of hydrogen-bond donors (Lipinski definition) is 0. The molecule has 0 spiro atoms. The van der Waals surface area contributed by atoms with E-state index in [0.29, 0.717) is 10.3 Å². The van der Waals surface area contributed by atoms with Gasteiger partial charge in [0.05, 0.1) is 6.42 Å².